The molecule has 1 aliphatic heterocycles. The molecule has 2 aromatic carbocycles. The second-order valence-corrected chi connectivity index (χ2v) is 8.79. The van der Waals surface area contributed by atoms with E-state index in [1.165, 1.54) is 11.4 Å². The van der Waals surface area contributed by atoms with Gasteiger partial charge in [0.05, 0.1) is 13.0 Å². The number of hydrogen-bond acceptors (Lipinski definition) is 6. The summed E-state index contributed by atoms with van der Waals surface area (Å²) in [6, 6.07) is 15.0. The fourth-order valence-corrected chi connectivity index (χ4v) is 4.97. The molecule has 1 aromatic heterocycles. The van der Waals surface area contributed by atoms with Crippen LogP contribution in [0.1, 0.15) is 28.8 Å². The second-order valence-electron chi connectivity index (χ2n) is 6.88. The maximum atomic E-state index is 12.9. The van der Waals surface area contributed by atoms with Crippen LogP contribution in [-0.4, -0.2) is 43.1 Å². The van der Waals surface area contributed by atoms with Crippen molar-refractivity contribution in [2.45, 2.75) is 24.2 Å². The van der Waals surface area contributed by atoms with Crippen LogP contribution in [-0.2, 0) is 16.4 Å². The number of nitrogens with zero attached hydrogens (tertiary/aromatic N) is 3. The normalized spacial score (nSPS) is 15.4. The van der Waals surface area contributed by atoms with E-state index in [0.717, 1.165) is 11.1 Å². The average molecular weight is 399 g/mol. The summed E-state index contributed by atoms with van der Waals surface area (Å²) in [6.45, 7) is 2.48. The van der Waals surface area contributed by atoms with Gasteiger partial charge in [0.15, 0.2) is 5.82 Å². The van der Waals surface area contributed by atoms with Crippen LogP contribution < -0.4 is 4.74 Å². The Hall–Kier alpha value is -2.71. The van der Waals surface area contributed by atoms with Crippen molar-refractivity contribution in [2.24, 2.45) is 0 Å². The lowest BCUT2D eigenvalue weighted by atomic mass is 10.0. The zero-order valence-corrected chi connectivity index (χ0v) is 16.5. The van der Waals surface area contributed by atoms with Crippen molar-refractivity contribution >= 4 is 10.0 Å². The summed E-state index contributed by atoms with van der Waals surface area (Å²) in [4.78, 5) is 4.62. The third kappa shape index (κ3) is 3.53. The summed E-state index contributed by atoms with van der Waals surface area (Å²) in [5.74, 6) is 1.33. The number of methoxy groups -OCH3 is 1. The van der Waals surface area contributed by atoms with Gasteiger partial charge in [0, 0.05) is 19.5 Å². The van der Waals surface area contributed by atoms with Crippen molar-refractivity contribution in [3.63, 3.8) is 0 Å². The van der Waals surface area contributed by atoms with Crippen LogP contribution in [0.2, 0.25) is 0 Å². The highest BCUT2D eigenvalue weighted by molar-refractivity contribution is 7.89. The number of ether oxygens (including phenoxy) is 1. The molecule has 0 N–H and O–H groups in total. The molecule has 0 saturated carbocycles. The van der Waals surface area contributed by atoms with Gasteiger partial charge in [-0.1, -0.05) is 41.6 Å². The Bertz CT molecular complexity index is 1070. The van der Waals surface area contributed by atoms with Crippen LogP contribution in [0, 0.1) is 6.92 Å². The zero-order chi connectivity index (χ0) is 19.7. The summed E-state index contributed by atoms with van der Waals surface area (Å²) >= 11 is 0. The number of aryl methyl sites for hydroxylation is 1. The Labute approximate surface area is 164 Å². The van der Waals surface area contributed by atoms with Crippen LogP contribution in [0.25, 0.3) is 0 Å². The summed E-state index contributed by atoms with van der Waals surface area (Å²) in [5, 5.41) is 4.02. The van der Waals surface area contributed by atoms with Crippen molar-refractivity contribution in [1.82, 2.24) is 14.4 Å². The molecule has 4 rings (SSSR count). The zero-order valence-electron chi connectivity index (χ0n) is 15.7. The van der Waals surface area contributed by atoms with E-state index in [9.17, 15) is 8.42 Å². The molecule has 0 atom stereocenters. The minimum atomic E-state index is -3.63. The summed E-state index contributed by atoms with van der Waals surface area (Å²) in [6.07, 6.45) is 0.583. The van der Waals surface area contributed by atoms with Crippen molar-refractivity contribution in [3.8, 4) is 5.75 Å². The SMILES string of the molecule is COc1ccc(C)cc1S(=O)(=O)N1CC(c2nc(Cc3ccccc3)no2)C1. The third-order valence-electron chi connectivity index (χ3n) is 4.82. The van der Waals surface area contributed by atoms with Gasteiger partial charge in [-0.25, -0.2) is 8.42 Å². The van der Waals surface area contributed by atoms with E-state index in [0.29, 0.717) is 37.0 Å². The van der Waals surface area contributed by atoms with Crippen molar-refractivity contribution < 1.29 is 17.7 Å². The van der Waals surface area contributed by atoms with Gasteiger partial charge >= 0.3 is 0 Å². The first kappa shape index (κ1) is 18.6. The molecule has 0 spiro atoms. The standard InChI is InChI=1S/C20H21N3O4S/c1-14-8-9-17(26-2)18(10-14)28(24,25)23-12-16(13-23)20-21-19(22-27-20)11-15-6-4-3-5-7-15/h3-10,16H,11-13H2,1-2H3. The molecule has 0 radical (unpaired) electrons. The highest BCUT2D eigenvalue weighted by Crippen LogP contribution is 2.35. The monoisotopic (exact) mass is 399 g/mol. The Balaban J connectivity index is 1.45. The largest absolute Gasteiger partial charge is 0.495 e. The Morgan fingerprint density at radius 2 is 1.93 bits per heavy atom. The molecule has 28 heavy (non-hydrogen) atoms. The first-order valence-corrected chi connectivity index (χ1v) is 10.4. The number of sulfonamides is 1. The van der Waals surface area contributed by atoms with Crippen LogP contribution in [0.3, 0.4) is 0 Å². The van der Waals surface area contributed by atoms with Crippen LogP contribution in [0.5, 0.6) is 5.75 Å². The lowest BCUT2D eigenvalue weighted by molar-refractivity contribution is 0.216. The van der Waals surface area contributed by atoms with Crippen LogP contribution in [0.15, 0.2) is 57.9 Å². The molecule has 0 bridgehead atoms. The van der Waals surface area contributed by atoms with E-state index in [-0.39, 0.29) is 10.8 Å². The van der Waals surface area contributed by atoms with Gasteiger partial charge in [-0.3, -0.25) is 0 Å². The molecule has 146 valence electrons. The molecule has 0 unspecified atom stereocenters. The van der Waals surface area contributed by atoms with Gasteiger partial charge in [0.2, 0.25) is 15.9 Å². The maximum Gasteiger partial charge on any atom is 0.246 e. The molecule has 0 aliphatic carbocycles. The third-order valence-corrected chi connectivity index (χ3v) is 6.68. The maximum absolute atomic E-state index is 12.9. The molecule has 1 fully saturated rings. The lowest BCUT2D eigenvalue weighted by Crippen LogP contribution is -2.48. The number of hydrogen-bond donors (Lipinski definition) is 0. The molecule has 1 saturated heterocycles. The molecule has 3 aromatic rings. The predicted octanol–water partition coefficient (Wildman–Crippen LogP) is 2.77. The Morgan fingerprint density at radius 3 is 2.64 bits per heavy atom. The summed E-state index contributed by atoms with van der Waals surface area (Å²) in [5.41, 5.74) is 1.96. The highest BCUT2D eigenvalue weighted by Gasteiger charge is 2.41. The number of rotatable bonds is 6. The van der Waals surface area contributed by atoms with Gasteiger partial charge in [-0.15, -0.1) is 0 Å². The highest BCUT2D eigenvalue weighted by atomic mass is 32.2. The molecular weight excluding hydrogens is 378 g/mol. The van der Waals surface area contributed by atoms with E-state index in [4.69, 9.17) is 9.26 Å². The number of benzene rings is 2. The molecule has 1 aliphatic rings. The Morgan fingerprint density at radius 1 is 1.18 bits per heavy atom. The van der Waals surface area contributed by atoms with Crippen molar-refractivity contribution in [2.75, 3.05) is 20.2 Å². The van der Waals surface area contributed by atoms with Gasteiger partial charge in [-0.2, -0.15) is 9.29 Å². The van der Waals surface area contributed by atoms with Gasteiger partial charge in [0.1, 0.15) is 10.6 Å². The molecule has 8 heteroatoms. The second kappa shape index (κ2) is 7.37. The molecule has 0 amide bonds. The van der Waals surface area contributed by atoms with Crippen molar-refractivity contribution in [3.05, 3.63) is 71.4 Å². The van der Waals surface area contributed by atoms with E-state index >= 15 is 0 Å². The smallest absolute Gasteiger partial charge is 0.246 e. The quantitative estimate of drug-likeness (QED) is 0.634. The van der Waals surface area contributed by atoms with Crippen LogP contribution in [0.4, 0.5) is 0 Å². The fourth-order valence-electron chi connectivity index (χ4n) is 3.20. The van der Waals surface area contributed by atoms with E-state index in [1.54, 1.807) is 12.1 Å². The molecule has 2 heterocycles. The minimum Gasteiger partial charge on any atom is -0.495 e. The minimum absolute atomic E-state index is 0.0948. The van der Waals surface area contributed by atoms with Crippen molar-refractivity contribution in [1.29, 1.82) is 0 Å². The van der Waals surface area contributed by atoms with E-state index in [2.05, 4.69) is 10.1 Å². The van der Waals surface area contributed by atoms with Crippen LogP contribution >= 0.6 is 0 Å². The number of aromatic nitrogens is 2. The van der Waals surface area contributed by atoms with Gasteiger partial charge in [0.25, 0.3) is 0 Å². The van der Waals surface area contributed by atoms with Gasteiger partial charge in [-0.05, 0) is 30.2 Å². The first-order chi connectivity index (χ1) is 13.5. The average Bonchev–Trinajstić information content (AvgIpc) is 3.09. The summed E-state index contributed by atoms with van der Waals surface area (Å²) in [7, 11) is -2.16. The van der Waals surface area contributed by atoms with Gasteiger partial charge < -0.3 is 9.26 Å². The fraction of sp³-hybridized carbons (Fsp3) is 0.300. The topological polar surface area (TPSA) is 85.5 Å². The lowest BCUT2D eigenvalue weighted by Gasteiger charge is -2.36. The van der Waals surface area contributed by atoms with E-state index < -0.39 is 10.0 Å². The van der Waals surface area contributed by atoms with E-state index in [1.807, 2.05) is 43.3 Å². The predicted molar refractivity (Wildman–Crippen MR) is 103 cm³/mol. The molecule has 7 nitrogen and oxygen atoms in total. The first-order valence-electron chi connectivity index (χ1n) is 8.98. The molecular formula is C20H21N3O4S. The summed E-state index contributed by atoms with van der Waals surface area (Å²) < 4.78 is 37.9. The Kier molecular flexibility index (Phi) is 4.91.